The Hall–Kier alpha value is -1.52. The number of carbonyl (C=O) groups is 1. The Labute approximate surface area is 139 Å². The summed E-state index contributed by atoms with van der Waals surface area (Å²) in [6.45, 7) is 0. The van der Waals surface area contributed by atoms with E-state index in [0.29, 0.717) is 11.1 Å². The number of hydrogen-bond acceptors (Lipinski definition) is 2. The molecule has 0 saturated heterocycles. The van der Waals surface area contributed by atoms with Gasteiger partial charge in [0.25, 0.3) is 0 Å². The minimum Gasteiger partial charge on any atom is -0.335 e. The van der Waals surface area contributed by atoms with Crippen LogP contribution in [0.2, 0.25) is 5.02 Å². The van der Waals surface area contributed by atoms with E-state index in [-0.39, 0.29) is 12.1 Å². The van der Waals surface area contributed by atoms with Gasteiger partial charge in [-0.1, -0.05) is 42.6 Å². The van der Waals surface area contributed by atoms with Crippen molar-refractivity contribution in [1.29, 1.82) is 0 Å². The Morgan fingerprint density at radius 1 is 1.18 bits per heavy atom. The van der Waals surface area contributed by atoms with Crippen molar-refractivity contribution in [2.24, 2.45) is 0 Å². The summed E-state index contributed by atoms with van der Waals surface area (Å²) in [7, 11) is 0. The molecule has 1 heterocycles. The quantitative estimate of drug-likeness (QED) is 0.833. The van der Waals surface area contributed by atoms with Gasteiger partial charge in [0.1, 0.15) is 0 Å². The third kappa shape index (κ3) is 3.81. The van der Waals surface area contributed by atoms with Gasteiger partial charge in [-0.25, -0.2) is 4.79 Å². The molecular weight excluding hydrogens is 316 g/mol. The zero-order valence-electron chi connectivity index (χ0n) is 12.2. The topological polar surface area (TPSA) is 41.1 Å². The number of thiophene rings is 1. The third-order valence-electron chi connectivity index (χ3n) is 4.00. The maximum atomic E-state index is 12.3. The SMILES string of the molecule is O=C(NC1CCCC1)NC(c1ccc(Cl)cc1)c1cccs1. The minimum atomic E-state index is -0.140. The van der Waals surface area contributed by atoms with Gasteiger partial charge in [0.15, 0.2) is 0 Å². The first kappa shape index (κ1) is 15.4. The second-order valence-electron chi connectivity index (χ2n) is 5.60. The molecule has 3 rings (SSSR count). The van der Waals surface area contributed by atoms with Crippen molar-refractivity contribution in [2.75, 3.05) is 0 Å². The molecule has 1 unspecified atom stereocenters. The number of urea groups is 1. The predicted octanol–water partition coefficient (Wildman–Crippen LogP) is 4.73. The Morgan fingerprint density at radius 2 is 1.91 bits per heavy atom. The average Bonchev–Trinajstić information content (AvgIpc) is 3.19. The normalized spacial score (nSPS) is 16.4. The van der Waals surface area contributed by atoms with E-state index in [1.165, 1.54) is 12.8 Å². The fourth-order valence-corrected chi connectivity index (χ4v) is 3.79. The fourth-order valence-electron chi connectivity index (χ4n) is 2.86. The van der Waals surface area contributed by atoms with Crippen LogP contribution in [0.5, 0.6) is 0 Å². The fraction of sp³-hybridized carbons (Fsp3) is 0.353. The summed E-state index contributed by atoms with van der Waals surface area (Å²) in [5.74, 6) is 0. The second kappa shape index (κ2) is 7.16. The number of benzene rings is 1. The summed E-state index contributed by atoms with van der Waals surface area (Å²) in [5.41, 5.74) is 1.04. The van der Waals surface area contributed by atoms with Crippen LogP contribution < -0.4 is 10.6 Å². The standard InChI is InChI=1S/C17H19ClN2OS/c18-13-9-7-12(8-10-13)16(15-6-3-11-22-15)20-17(21)19-14-4-1-2-5-14/h3,6-11,14,16H,1-2,4-5H2,(H2,19,20,21). The summed E-state index contributed by atoms with van der Waals surface area (Å²) in [5, 5.41) is 8.90. The molecule has 1 fully saturated rings. The van der Waals surface area contributed by atoms with Crippen LogP contribution in [-0.2, 0) is 0 Å². The molecule has 3 nitrogen and oxygen atoms in total. The van der Waals surface area contributed by atoms with E-state index in [0.717, 1.165) is 23.3 Å². The number of halogens is 1. The van der Waals surface area contributed by atoms with Crippen LogP contribution >= 0.6 is 22.9 Å². The van der Waals surface area contributed by atoms with Crippen molar-refractivity contribution >= 4 is 29.0 Å². The Bertz CT molecular complexity index is 606. The summed E-state index contributed by atoms with van der Waals surface area (Å²) in [6.07, 6.45) is 4.57. The highest BCUT2D eigenvalue weighted by Gasteiger charge is 2.21. The van der Waals surface area contributed by atoms with Gasteiger partial charge in [0, 0.05) is 15.9 Å². The lowest BCUT2D eigenvalue weighted by molar-refractivity contribution is 0.235. The Morgan fingerprint density at radius 3 is 2.55 bits per heavy atom. The maximum Gasteiger partial charge on any atom is 0.315 e. The first-order valence-corrected chi connectivity index (χ1v) is 8.84. The van der Waals surface area contributed by atoms with Crippen LogP contribution in [0.25, 0.3) is 0 Å². The van der Waals surface area contributed by atoms with E-state index in [9.17, 15) is 4.79 Å². The van der Waals surface area contributed by atoms with Gasteiger partial charge in [0.05, 0.1) is 6.04 Å². The lowest BCUT2D eigenvalue weighted by Gasteiger charge is -2.20. The number of nitrogens with one attached hydrogen (secondary N) is 2. The molecule has 2 N–H and O–H groups in total. The van der Waals surface area contributed by atoms with Crippen LogP contribution in [0.15, 0.2) is 41.8 Å². The number of rotatable bonds is 4. The van der Waals surface area contributed by atoms with Crippen molar-refractivity contribution in [3.05, 3.63) is 57.2 Å². The molecule has 0 bridgehead atoms. The van der Waals surface area contributed by atoms with E-state index in [1.807, 2.05) is 41.8 Å². The largest absolute Gasteiger partial charge is 0.335 e. The predicted molar refractivity (Wildman–Crippen MR) is 91.5 cm³/mol. The van der Waals surface area contributed by atoms with Gasteiger partial charge in [0.2, 0.25) is 0 Å². The highest BCUT2D eigenvalue weighted by Crippen LogP contribution is 2.27. The molecule has 1 aromatic heterocycles. The van der Waals surface area contributed by atoms with Crippen LogP contribution in [0.4, 0.5) is 4.79 Å². The second-order valence-corrected chi connectivity index (χ2v) is 7.01. The third-order valence-corrected chi connectivity index (χ3v) is 5.19. The number of hydrogen-bond donors (Lipinski definition) is 2. The van der Waals surface area contributed by atoms with Crippen molar-refractivity contribution in [3.8, 4) is 0 Å². The molecular formula is C17H19ClN2OS. The molecule has 116 valence electrons. The Kier molecular flexibility index (Phi) is 5.01. The lowest BCUT2D eigenvalue weighted by atomic mass is 10.1. The molecule has 1 atom stereocenters. The van der Waals surface area contributed by atoms with Crippen molar-refractivity contribution in [3.63, 3.8) is 0 Å². The van der Waals surface area contributed by atoms with Gasteiger partial charge in [-0.15, -0.1) is 11.3 Å². The molecule has 22 heavy (non-hydrogen) atoms. The van der Waals surface area contributed by atoms with Gasteiger partial charge in [-0.2, -0.15) is 0 Å². The van der Waals surface area contributed by atoms with Gasteiger partial charge < -0.3 is 10.6 Å². The smallest absolute Gasteiger partial charge is 0.315 e. The van der Waals surface area contributed by atoms with E-state index < -0.39 is 0 Å². The van der Waals surface area contributed by atoms with Gasteiger partial charge in [-0.3, -0.25) is 0 Å². The molecule has 5 heteroatoms. The van der Waals surface area contributed by atoms with E-state index >= 15 is 0 Å². The highest BCUT2D eigenvalue weighted by atomic mass is 35.5. The van der Waals surface area contributed by atoms with E-state index in [1.54, 1.807) is 11.3 Å². The number of amides is 2. The minimum absolute atomic E-state index is 0.0970. The molecule has 2 amide bonds. The molecule has 1 aromatic carbocycles. The molecule has 1 aliphatic rings. The van der Waals surface area contributed by atoms with Crippen LogP contribution in [0, 0.1) is 0 Å². The highest BCUT2D eigenvalue weighted by molar-refractivity contribution is 7.10. The molecule has 2 aromatic rings. The summed E-state index contributed by atoms with van der Waals surface area (Å²) in [6, 6.07) is 11.8. The van der Waals surface area contributed by atoms with Crippen molar-refractivity contribution in [2.45, 2.75) is 37.8 Å². The zero-order chi connectivity index (χ0) is 15.4. The van der Waals surface area contributed by atoms with E-state index in [2.05, 4.69) is 10.6 Å². The lowest BCUT2D eigenvalue weighted by Crippen LogP contribution is -2.42. The first-order valence-electron chi connectivity index (χ1n) is 7.58. The Balaban J connectivity index is 1.74. The van der Waals surface area contributed by atoms with Crippen molar-refractivity contribution < 1.29 is 4.79 Å². The van der Waals surface area contributed by atoms with Crippen LogP contribution in [-0.4, -0.2) is 12.1 Å². The zero-order valence-corrected chi connectivity index (χ0v) is 13.8. The molecule has 1 saturated carbocycles. The molecule has 1 aliphatic carbocycles. The molecule has 0 radical (unpaired) electrons. The van der Waals surface area contributed by atoms with Crippen LogP contribution in [0.3, 0.4) is 0 Å². The maximum absolute atomic E-state index is 12.3. The number of carbonyl (C=O) groups excluding carboxylic acids is 1. The summed E-state index contributed by atoms with van der Waals surface area (Å²) in [4.78, 5) is 13.4. The van der Waals surface area contributed by atoms with Crippen molar-refractivity contribution in [1.82, 2.24) is 10.6 Å². The van der Waals surface area contributed by atoms with Gasteiger partial charge >= 0.3 is 6.03 Å². The average molecular weight is 335 g/mol. The van der Waals surface area contributed by atoms with E-state index in [4.69, 9.17) is 11.6 Å². The molecule has 0 spiro atoms. The van der Waals surface area contributed by atoms with Crippen LogP contribution in [0.1, 0.15) is 42.2 Å². The summed E-state index contributed by atoms with van der Waals surface area (Å²) < 4.78 is 0. The van der Waals surface area contributed by atoms with Gasteiger partial charge in [-0.05, 0) is 42.0 Å². The summed E-state index contributed by atoms with van der Waals surface area (Å²) >= 11 is 7.60. The monoisotopic (exact) mass is 334 g/mol. The first-order chi connectivity index (χ1) is 10.7. The molecule has 0 aliphatic heterocycles.